The lowest BCUT2D eigenvalue weighted by atomic mass is 9.80. The third-order valence-corrected chi connectivity index (χ3v) is 3.97. The fourth-order valence-corrected chi connectivity index (χ4v) is 3.33. The van der Waals surface area contributed by atoms with Crippen molar-refractivity contribution in [3.8, 4) is 0 Å². The Kier molecular flexibility index (Phi) is 7.11. The molecule has 112 valence electrons. The number of halogens is 1. The van der Waals surface area contributed by atoms with Gasteiger partial charge in [-0.05, 0) is 31.1 Å². The van der Waals surface area contributed by atoms with Crippen LogP contribution in [0.5, 0.6) is 0 Å². The molecule has 2 aliphatic rings. The van der Waals surface area contributed by atoms with Crippen molar-refractivity contribution >= 4 is 18.3 Å². The Morgan fingerprint density at radius 1 is 1.26 bits per heavy atom. The zero-order valence-corrected chi connectivity index (χ0v) is 12.8. The van der Waals surface area contributed by atoms with Gasteiger partial charge in [0.15, 0.2) is 0 Å². The summed E-state index contributed by atoms with van der Waals surface area (Å²) in [6, 6.07) is 0.568. The maximum atomic E-state index is 12.0. The van der Waals surface area contributed by atoms with E-state index in [4.69, 9.17) is 4.74 Å². The van der Waals surface area contributed by atoms with Gasteiger partial charge in [-0.15, -0.1) is 12.4 Å². The summed E-state index contributed by atoms with van der Waals surface area (Å²) in [5, 5.41) is 6.51. The van der Waals surface area contributed by atoms with E-state index in [1.807, 2.05) is 0 Å². The van der Waals surface area contributed by atoms with Crippen molar-refractivity contribution in [2.75, 3.05) is 19.8 Å². The molecule has 0 aromatic heterocycles. The van der Waals surface area contributed by atoms with Gasteiger partial charge in [0.05, 0.1) is 13.2 Å². The number of morpholine rings is 1. The van der Waals surface area contributed by atoms with Gasteiger partial charge in [-0.25, -0.2) is 0 Å². The average Bonchev–Trinajstić information content (AvgIpc) is 2.28. The second-order valence-electron chi connectivity index (χ2n) is 6.11. The molecule has 0 aromatic rings. The van der Waals surface area contributed by atoms with Crippen LogP contribution in [-0.4, -0.2) is 37.7 Å². The Bertz CT molecular complexity index is 273. The summed E-state index contributed by atoms with van der Waals surface area (Å²) < 4.78 is 5.36. The van der Waals surface area contributed by atoms with Gasteiger partial charge >= 0.3 is 0 Å². The Labute approximate surface area is 122 Å². The molecule has 0 bridgehead atoms. The largest absolute Gasteiger partial charge is 0.378 e. The van der Waals surface area contributed by atoms with Crippen molar-refractivity contribution < 1.29 is 9.53 Å². The van der Waals surface area contributed by atoms with E-state index in [2.05, 4.69) is 24.5 Å². The van der Waals surface area contributed by atoms with E-state index >= 15 is 0 Å². The Hall–Kier alpha value is -0.320. The molecule has 2 N–H and O–H groups in total. The molecule has 3 atom stereocenters. The monoisotopic (exact) mass is 290 g/mol. The minimum Gasteiger partial charge on any atom is -0.378 e. The molecule has 19 heavy (non-hydrogen) atoms. The third kappa shape index (κ3) is 5.67. The highest BCUT2D eigenvalue weighted by Crippen LogP contribution is 2.28. The minimum absolute atomic E-state index is 0. The first-order valence-corrected chi connectivity index (χ1v) is 7.24. The molecule has 0 radical (unpaired) electrons. The Morgan fingerprint density at radius 2 is 1.95 bits per heavy atom. The van der Waals surface area contributed by atoms with Gasteiger partial charge in [0.1, 0.15) is 0 Å². The van der Waals surface area contributed by atoms with Crippen LogP contribution in [0.1, 0.15) is 39.5 Å². The Balaban J connectivity index is 0.00000180. The number of ether oxygens (including phenoxy) is 1. The maximum Gasteiger partial charge on any atom is 0.221 e. The molecule has 0 spiro atoms. The third-order valence-electron chi connectivity index (χ3n) is 3.97. The first-order valence-electron chi connectivity index (χ1n) is 7.24. The number of amides is 1. The number of hydrogen-bond acceptors (Lipinski definition) is 3. The first-order chi connectivity index (χ1) is 8.63. The Morgan fingerprint density at radius 3 is 2.53 bits per heavy atom. The van der Waals surface area contributed by atoms with Gasteiger partial charge in [-0.2, -0.15) is 0 Å². The first kappa shape index (κ1) is 16.7. The van der Waals surface area contributed by atoms with Crippen molar-refractivity contribution in [2.24, 2.45) is 11.8 Å². The standard InChI is InChI=1S/C14H26N2O2.ClH/c1-10-5-11(2)7-12(6-10)16-14(17)8-13-9-18-4-3-15-13;/h10-13,15H,3-9H2,1-2H3,(H,16,17);1H. The number of carbonyl (C=O) groups excluding carboxylic acids is 1. The summed E-state index contributed by atoms with van der Waals surface area (Å²) in [4.78, 5) is 12.0. The molecule has 1 amide bonds. The summed E-state index contributed by atoms with van der Waals surface area (Å²) >= 11 is 0. The van der Waals surface area contributed by atoms with Crippen molar-refractivity contribution in [3.63, 3.8) is 0 Å². The van der Waals surface area contributed by atoms with E-state index in [1.165, 1.54) is 6.42 Å². The van der Waals surface area contributed by atoms with Crippen LogP contribution in [0.4, 0.5) is 0 Å². The zero-order chi connectivity index (χ0) is 13.0. The molecular weight excluding hydrogens is 264 g/mol. The maximum absolute atomic E-state index is 12.0. The minimum atomic E-state index is 0. The second kappa shape index (κ2) is 8.08. The van der Waals surface area contributed by atoms with Gasteiger partial charge < -0.3 is 15.4 Å². The molecule has 3 unspecified atom stereocenters. The van der Waals surface area contributed by atoms with E-state index in [9.17, 15) is 4.79 Å². The van der Waals surface area contributed by atoms with Crippen LogP contribution in [0.25, 0.3) is 0 Å². The lowest BCUT2D eigenvalue weighted by molar-refractivity contribution is -0.123. The molecule has 1 aliphatic carbocycles. The molecule has 2 fully saturated rings. The number of nitrogens with one attached hydrogen (secondary N) is 2. The summed E-state index contributed by atoms with van der Waals surface area (Å²) in [6.45, 7) is 6.84. The van der Waals surface area contributed by atoms with Gasteiger partial charge in [-0.3, -0.25) is 4.79 Å². The quantitative estimate of drug-likeness (QED) is 0.832. The van der Waals surface area contributed by atoms with E-state index in [-0.39, 0.29) is 24.4 Å². The smallest absolute Gasteiger partial charge is 0.221 e. The van der Waals surface area contributed by atoms with Gasteiger partial charge in [0.2, 0.25) is 5.91 Å². The van der Waals surface area contributed by atoms with Crippen LogP contribution < -0.4 is 10.6 Å². The van der Waals surface area contributed by atoms with E-state index in [0.29, 0.717) is 19.1 Å². The molecule has 0 aromatic carbocycles. The summed E-state index contributed by atoms with van der Waals surface area (Å²) in [7, 11) is 0. The summed E-state index contributed by atoms with van der Waals surface area (Å²) in [6.07, 6.45) is 4.10. The zero-order valence-electron chi connectivity index (χ0n) is 12.0. The van der Waals surface area contributed by atoms with E-state index in [0.717, 1.165) is 37.8 Å². The molecule has 1 aliphatic heterocycles. The van der Waals surface area contributed by atoms with Crippen LogP contribution in [0.15, 0.2) is 0 Å². The van der Waals surface area contributed by atoms with Crippen LogP contribution in [-0.2, 0) is 9.53 Å². The van der Waals surface area contributed by atoms with Gasteiger partial charge in [0.25, 0.3) is 0 Å². The second-order valence-corrected chi connectivity index (χ2v) is 6.11. The fourth-order valence-electron chi connectivity index (χ4n) is 3.33. The number of hydrogen-bond donors (Lipinski definition) is 2. The van der Waals surface area contributed by atoms with E-state index in [1.54, 1.807) is 0 Å². The van der Waals surface area contributed by atoms with Gasteiger partial charge in [-0.1, -0.05) is 13.8 Å². The van der Waals surface area contributed by atoms with Crippen molar-refractivity contribution in [1.29, 1.82) is 0 Å². The average molecular weight is 291 g/mol. The molecule has 2 rings (SSSR count). The van der Waals surface area contributed by atoms with E-state index < -0.39 is 0 Å². The lowest BCUT2D eigenvalue weighted by Crippen LogP contribution is -2.46. The van der Waals surface area contributed by atoms with Crippen molar-refractivity contribution in [2.45, 2.75) is 51.6 Å². The highest BCUT2D eigenvalue weighted by Gasteiger charge is 2.26. The summed E-state index contributed by atoms with van der Waals surface area (Å²) in [5.41, 5.74) is 0. The normalized spacial score (nSPS) is 35.3. The van der Waals surface area contributed by atoms with Crippen LogP contribution in [0.2, 0.25) is 0 Å². The van der Waals surface area contributed by atoms with Crippen molar-refractivity contribution in [1.82, 2.24) is 10.6 Å². The number of rotatable bonds is 3. The lowest BCUT2D eigenvalue weighted by Gasteiger charge is -2.32. The summed E-state index contributed by atoms with van der Waals surface area (Å²) in [5.74, 6) is 1.63. The molecule has 1 heterocycles. The van der Waals surface area contributed by atoms with Crippen LogP contribution in [0, 0.1) is 11.8 Å². The SMILES string of the molecule is CC1CC(C)CC(NC(=O)CC2COCCN2)C1.Cl. The van der Waals surface area contributed by atoms with Crippen LogP contribution >= 0.6 is 12.4 Å². The highest BCUT2D eigenvalue weighted by molar-refractivity contribution is 5.85. The van der Waals surface area contributed by atoms with Crippen molar-refractivity contribution in [3.05, 3.63) is 0 Å². The predicted molar refractivity (Wildman–Crippen MR) is 78.6 cm³/mol. The highest BCUT2D eigenvalue weighted by atomic mass is 35.5. The number of carbonyl (C=O) groups is 1. The molecular formula is C14H27ClN2O2. The molecule has 1 saturated heterocycles. The fraction of sp³-hybridized carbons (Fsp3) is 0.929. The molecule has 5 heteroatoms. The molecule has 4 nitrogen and oxygen atoms in total. The predicted octanol–water partition coefficient (Wildman–Crippen LogP) is 1.73. The van der Waals surface area contributed by atoms with Crippen LogP contribution in [0.3, 0.4) is 0 Å². The van der Waals surface area contributed by atoms with Gasteiger partial charge in [0, 0.05) is 25.0 Å². The topological polar surface area (TPSA) is 50.4 Å². The molecule has 1 saturated carbocycles.